The molecule has 1 aromatic rings. The Labute approximate surface area is 115 Å². The molecule has 17 heavy (non-hydrogen) atoms. The van der Waals surface area contributed by atoms with Crippen LogP contribution in [0.25, 0.3) is 0 Å². The van der Waals surface area contributed by atoms with Crippen molar-refractivity contribution in [1.29, 1.82) is 0 Å². The summed E-state index contributed by atoms with van der Waals surface area (Å²) in [6, 6.07) is 8.28. The second kappa shape index (κ2) is 10.6. The Hall–Kier alpha value is -0.540. The van der Waals surface area contributed by atoms with Gasteiger partial charge in [-0.3, -0.25) is 0 Å². The maximum atomic E-state index is 5.26. The van der Waals surface area contributed by atoms with Gasteiger partial charge in [-0.25, -0.2) is 0 Å². The molecule has 0 bridgehead atoms. The molecule has 0 saturated heterocycles. The van der Waals surface area contributed by atoms with Crippen LogP contribution >= 0.6 is 24.0 Å². The van der Waals surface area contributed by atoms with Crippen LogP contribution in [0.4, 0.5) is 0 Å². The molecule has 96 valence electrons. The van der Waals surface area contributed by atoms with E-state index in [0.717, 1.165) is 22.8 Å². The van der Waals surface area contributed by atoms with Crippen LogP contribution in [0, 0.1) is 6.92 Å². The minimum Gasteiger partial charge on any atom is -0.375 e. The van der Waals surface area contributed by atoms with Crippen molar-refractivity contribution in [3.05, 3.63) is 35.4 Å². The van der Waals surface area contributed by atoms with Gasteiger partial charge < -0.3 is 5.32 Å². The van der Waals surface area contributed by atoms with E-state index >= 15 is 0 Å². The first-order chi connectivity index (χ1) is 8.15. The zero-order valence-corrected chi connectivity index (χ0v) is 12.9. The largest absolute Gasteiger partial charge is 0.375 e. The number of hydrogen-bond acceptors (Lipinski definition) is 2. The summed E-state index contributed by atoms with van der Waals surface area (Å²) in [4.78, 5) is 0.846. The summed E-state index contributed by atoms with van der Waals surface area (Å²) >= 11 is 7.08. The van der Waals surface area contributed by atoms with Crippen LogP contribution in [0.5, 0.6) is 0 Å². The first kappa shape index (κ1) is 16.5. The molecule has 0 aliphatic heterocycles. The summed E-state index contributed by atoms with van der Waals surface area (Å²) in [6.45, 7) is 7.27. The zero-order chi connectivity index (χ0) is 13.1. The van der Waals surface area contributed by atoms with E-state index in [-0.39, 0.29) is 0 Å². The van der Waals surface area contributed by atoms with Crippen molar-refractivity contribution in [2.24, 2.45) is 0 Å². The van der Waals surface area contributed by atoms with Crippen LogP contribution < -0.4 is 5.32 Å². The molecule has 0 radical (unpaired) electrons. The lowest BCUT2D eigenvalue weighted by atomic mass is 10.1. The molecule has 0 amide bonds. The lowest BCUT2D eigenvalue weighted by Gasteiger charge is -2.07. The summed E-state index contributed by atoms with van der Waals surface area (Å²) in [5, 5.41) is 3.23. The number of benzene rings is 1. The van der Waals surface area contributed by atoms with Crippen molar-refractivity contribution in [3.8, 4) is 0 Å². The van der Waals surface area contributed by atoms with Gasteiger partial charge in [0.2, 0.25) is 0 Å². The van der Waals surface area contributed by atoms with Gasteiger partial charge in [0.1, 0.15) is 4.99 Å². The molecule has 1 N–H and O–H groups in total. The van der Waals surface area contributed by atoms with Gasteiger partial charge in [0.05, 0.1) is 0 Å². The highest BCUT2D eigenvalue weighted by atomic mass is 32.2. The van der Waals surface area contributed by atoms with Crippen LogP contribution in [0.3, 0.4) is 0 Å². The molecule has 0 spiro atoms. The second-order valence-electron chi connectivity index (χ2n) is 3.82. The Balaban J connectivity index is 0.000000770. The van der Waals surface area contributed by atoms with Gasteiger partial charge in [-0.1, -0.05) is 62.3 Å². The van der Waals surface area contributed by atoms with E-state index in [2.05, 4.69) is 56.6 Å². The number of thioether (sulfide) groups is 1. The summed E-state index contributed by atoms with van der Waals surface area (Å²) in [7, 11) is 0. The van der Waals surface area contributed by atoms with E-state index in [1.54, 1.807) is 0 Å². The van der Waals surface area contributed by atoms with Crippen molar-refractivity contribution < 1.29 is 0 Å². The van der Waals surface area contributed by atoms with Gasteiger partial charge in [0, 0.05) is 17.9 Å². The molecule has 0 aliphatic rings. The molecule has 1 rings (SSSR count). The van der Waals surface area contributed by atoms with Gasteiger partial charge in [-0.05, 0) is 13.2 Å². The normalized spacial score (nSPS) is 9.18. The first-order valence-corrected chi connectivity index (χ1v) is 7.79. The molecule has 0 unspecified atom stereocenters. The molecule has 0 heterocycles. The smallest absolute Gasteiger partial charge is 0.106 e. The van der Waals surface area contributed by atoms with Crippen molar-refractivity contribution >= 4 is 29.0 Å². The highest BCUT2D eigenvalue weighted by Crippen LogP contribution is 2.03. The van der Waals surface area contributed by atoms with Crippen LogP contribution in [0.1, 0.15) is 31.4 Å². The van der Waals surface area contributed by atoms with Crippen LogP contribution in [-0.4, -0.2) is 23.5 Å². The Kier molecular flexibility index (Phi) is 10.3. The minimum atomic E-state index is 0.846. The number of nitrogens with one attached hydrogen (secondary N) is 1. The van der Waals surface area contributed by atoms with Gasteiger partial charge in [0.25, 0.3) is 0 Å². The lowest BCUT2D eigenvalue weighted by molar-refractivity contribution is 0.995. The highest BCUT2D eigenvalue weighted by molar-refractivity contribution is 7.98. The number of thiocarbonyl (C=S) groups is 1. The number of hydrogen-bond donors (Lipinski definition) is 1. The quantitative estimate of drug-likeness (QED) is 0.654. The minimum absolute atomic E-state index is 0.846. The molecule has 0 fully saturated rings. The molecule has 1 aromatic carbocycles. The Morgan fingerprint density at radius 1 is 1.24 bits per heavy atom. The predicted molar refractivity (Wildman–Crippen MR) is 85.2 cm³/mol. The Morgan fingerprint density at radius 2 is 1.76 bits per heavy atom. The average Bonchev–Trinajstić information content (AvgIpc) is 2.31. The standard InChI is InChI=1S/C11H15NS2.C3H8/c1-9-3-5-10(6-4-9)11(13)12-7-8-14-2;1-3-2/h3-6H,7-8H2,1-2H3,(H,12,13);3H2,1-2H3. The van der Waals surface area contributed by atoms with Crippen LogP contribution in [0.15, 0.2) is 24.3 Å². The van der Waals surface area contributed by atoms with E-state index in [0.29, 0.717) is 0 Å². The van der Waals surface area contributed by atoms with Crippen LogP contribution in [0.2, 0.25) is 0 Å². The molecule has 0 aromatic heterocycles. The van der Waals surface area contributed by atoms with Gasteiger partial charge in [0.15, 0.2) is 0 Å². The fourth-order valence-corrected chi connectivity index (χ4v) is 1.62. The van der Waals surface area contributed by atoms with Gasteiger partial charge in [-0.2, -0.15) is 11.8 Å². The van der Waals surface area contributed by atoms with Gasteiger partial charge >= 0.3 is 0 Å². The average molecular weight is 269 g/mol. The van der Waals surface area contributed by atoms with E-state index in [9.17, 15) is 0 Å². The number of aryl methyl sites for hydroxylation is 1. The van der Waals surface area contributed by atoms with Crippen molar-refractivity contribution in [2.75, 3.05) is 18.6 Å². The third kappa shape index (κ3) is 8.22. The molecule has 3 heteroatoms. The summed E-state index contributed by atoms with van der Waals surface area (Å²) in [5.74, 6) is 1.09. The predicted octanol–water partition coefficient (Wildman–Crippen LogP) is 4.04. The van der Waals surface area contributed by atoms with Crippen molar-refractivity contribution in [1.82, 2.24) is 5.32 Å². The van der Waals surface area contributed by atoms with E-state index < -0.39 is 0 Å². The molecular weight excluding hydrogens is 246 g/mol. The zero-order valence-electron chi connectivity index (χ0n) is 11.2. The van der Waals surface area contributed by atoms with Crippen molar-refractivity contribution in [2.45, 2.75) is 27.2 Å². The number of rotatable bonds is 4. The summed E-state index contributed by atoms with van der Waals surface area (Å²) in [5.41, 5.74) is 2.37. The molecule has 1 nitrogen and oxygen atoms in total. The topological polar surface area (TPSA) is 12.0 Å². The SMILES string of the molecule is CCC.CSCCNC(=S)c1ccc(C)cc1. The highest BCUT2D eigenvalue weighted by Gasteiger charge is 1.98. The third-order valence-electron chi connectivity index (χ3n) is 1.91. The van der Waals surface area contributed by atoms with Gasteiger partial charge in [-0.15, -0.1) is 0 Å². The van der Waals surface area contributed by atoms with Crippen LogP contribution in [-0.2, 0) is 0 Å². The molecule has 0 aliphatic carbocycles. The van der Waals surface area contributed by atoms with E-state index in [1.807, 2.05) is 11.8 Å². The Bertz CT molecular complexity index is 307. The van der Waals surface area contributed by atoms with E-state index in [4.69, 9.17) is 12.2 Å². The first-order valence-electron chi connectivity index (χ1n) is 5.99. The maximum Gasteiger partial charge on any atom is 0.106 e. The second-order valence-corrected chi connectivity index (χ2v) is 5.22. The molecular formula is C14H23NS2. The fraction of sp³-hybridized carbons (Fsp3) is 0.500. The van der Waals surface area contributed by atoms with Crippen molar-refractivity contribution in [3.63, 3.8) is 0 Å². The lowest BCUT2D eigenvalue weighted by Crippen LogP contribution is -2.24. The summed E-state index contributed by atoms with van der Waals surface area (Å²) < 4.78 is 0. The maximum absolute atomic E-state index is 5.26. The summed E-state index contributed by atoms with van der Waals surface area (Å²) in [6.07, 6.45) is 3.34. The monoisotopic (exact) mass is 269 g/mol. The third-order valence-corrected chi connectivity index (χ3v) is 2.90. The molecule has 0 saturated carbocycles. The Morgan fingerprint density at radius 3 is 2.24 bits per heavy atom. The fourth-order valence-electron chi connectivity index (χ4n) is 1.07. The van der Waals surface area contributed by atoms with E-state index in [1.165, 1.54) is 12.0 Å². The molecule has 0 atom stereocenters.